The third-order valence-corrected chi connectivity index (χ3v) is 11.3. The number of nitrogens with one attached hydrogen (secondary N) is 2. The summed E-state index contributed by atoms with van der Waals surface area (Å²) in [7, 11) is 0. The second-order valence-electron chi connectivity index (χ2n) is 14.0. The molecule has 0 aromatic rings. The second kappa shape index (κ2) is 12.9. The topological polar surface area (TPSA) is 175 Å². The number of fused-ring (bicyclic) bond motifs is 5. The summed E-state index contributed by atoms with van der Waals surface area (Å²) in [6.45, 7) is 7.55. The number of oxime groups is 1. The lowest BCUT2D eigenvalue weighted by Gasteiger charge is -2.58. The maximum atomic E-state index is 12.8. The molecular formula is C33H47N3O8. The highest BCUT2D eigenvalue weighted by Gasteiger charge is 2.63. The number of carboxylic acid groups (broad SMARTS) is 2. The molecule has 0 radical (unpaired) electrons. The molecule has 242 valence electrons. The quantitative estimate of drug-likeness (QED) is 0.174. The summed E-state index contributed by atoms with van der Waals surface area (Å²) in [4.78, 5) is 53.1. The van der Waals surface area contributed by atoms with Crippen molar-refractivity contribution in [3.63, 3.8) is 0 Å². The molecule has 8 atom stereocenters. The first-order chi connectivity index (χ1) is 20.6. The van der Waals surface area contributed by atoms with Crippen molar-refractivity contribution in [1.29, 1.82) is 0 Å². The van der Waals surface area contributed by atoms with Crippen molar-refractivity contribution in [3.8, 4) is 12.3 Å². The Morgan fingerprint density at radius 3 is 2.41 bits per heavy atom. The number of aliphatic hydroxyl groups is 1. The van der Waals surface area contributed by atoms with Crippen molar-refractivity contribution < 1.29 is 39.3 Å². The average Bonchev–Trinajstić information content (AvgIpc) is 3.24. The smallest absolute Gasteiger partial charge is 0.326 e. The Bertz CT molecular complexity index is 1270. The molecule has 4 aliphatic carbocycles. The van der Waals surface area contributed by atoms with Gasteiger partial charge in [-0.05, 0) is 93.0 Å². The van der Waals surface area contributed by atoms with E-state index in [4.69, 9.17) is 16.4 Å². The predicted molar refractivity (Wildman–Crippen MR) is 162 cm³/mol. The van der Waals surface area contributed by atoms with Gasteiger partial charge in [0.1, 0.15) is 17.7 Å². The van der Waals surface area contributed by atoms with Gasteiger partial charge in [-0.1, -0.05) is 44.3 Å². The summed E-state index contributed by atoms with van der Waals surface area (Å²) in [6, 6.07) is -2.42. The van der Waals surface area contributed by atoms with Crippen molar-refractivity contribution in [2.24, 2.45) is 39.7 Å². The van der Waals surface area contributed by atoms with E-state index in [2.05, 4.69) is 41.6 Å². The third kappa shape index (κ3) is 6.37. The standard InChI is InChI=1S/C33H47N3O8/c1-6-33(43)16-13-24-22-8-7-20-17-21(11-14-31(20,4)23(22)12-15-32(24,33)5)36-44-18-26(37)35-28(19(2)3)29(40)34-25(30(41)42)9-10-27(38)39/h1,17,19,22-25,28,43H,7-16,18H2,2-5H3,(H,34,40)(H,35,37)(H,38,39)(H,41,42)/b36-21-/t22-,23+,24+,25-,28+,31+,32+,33-/m1/s1. The zero-order valence-electron chi connectivity index (χ0n) is 26.2. The summed E-state index contributed by atoms with van der Waals surface area (Å²) in [5, 5.41) is 38.6. The number of hydrogen-bond acceptors (Lipinski definition) is 7. The lowest BCUT2D eigenvalue weighted by atomic mass is 9.46. The van der Waals surface area contributed by atoms with Crippen molar-refractivity contribution in [2.75, 3.05) is 6.61 Å². The van der Waals surface area contributed by atoms with Crippen LogP contribution < -0.4 is 10.6 Å². The Hall–Kier alpha value is -3.39. The van der Waals surface area contributed by atoms with Crippen LogP contribution in [0.1, 0.15) is 91.9 Å². The SMILES string of the molecule is C#C[C@@]1(O)CC[C@H]2[C@@H]3CCC4=C/C(=N\OCC(=O)N[C@H](C(=O)N[C@H](CCC(=O)O)C(=O)O)C(C)C)CC[C@]4(C)[C@H]3CC[C@@]21C. The molecule has 0 unspecified atom stereocenters. The molecular weight excluding hydrogens is 566 g/mol. The van der Waals surface area contributed by atoms with Crippen LogP contribution in [0.4, 0.5) is 0 Å². The molecule has 4 aliphatic rings. The monoisotopic (exact) mass is 613 g/mol. The van der Waals surface area contributed by atoms with Crippen molar-refractivity contribution >= 4 is 29.5 Å². The molecule has 0 heterocycles. The number of aliphatic carboxylic acids is 2. The van der Waals surface area contributed by atoms with Gasteiger partial charge >= 0.3 is 11.9 Å². The highest BCUT2D eigenvalue weighted by Crippen LogP contribution is 2.67. The molecule has 44 heavy (non-hydrogen) atoms. The van der Waals surface area contributed by atoms with Gasteiger partial charge in [-0.15, -0.1) is 6.42 Å². The normalized spacial score (nSPS) is 34.8. The first-order valence-electron chi connectivity index (χ1n) is 15.8. The van der Waals surface area contributed by atoms with E-state index >= 15 is 0 Å². The summed E-state index contributed by atoms with van der Waals surface area (Å²) in [5.41, 5.74) is 0.931. The number of carboxylic acids is 2. The van der Waals surface area contributed by atoms with E-state index in [9.17, 15) is 29.4 Å². The molecule has 0 bridgehead atoms. The second-order valence-corrected chi connectivity index (χ2v) is 14.0. The minimum atomic E-state index is -1.39. The molecule has 3 fully saturated rings. The number of terminal acetylenes is 1. The Morgan fingerprint density at radius 2 is 1.77 bits per heavy atom. The Balaban J connectivity index is 1.34. The summed E-state index contributed by atoms with van der Waals surface area (Å²) < 4.78 is 0. The minimum Gasteiger partial charge on any atom is -0.481 e. The highest BCUT2D eigenvalue weighted by atomic mass is 16.6. The number of nitrogens with zero attached hydrogens (tertiary/aromatic N) is 1. The van der Waals surface area contributed by atoms with Gasteiger partial charge in [0.25, 0.3) is 5.91 Å². The van der Waals surface area contributed by atoms with Gasteiger partial charge in [0, 0.05) is 11.8 Å². The maximum absolute atomic E-state index is 12.8. The number of rotatable bonds is 11. The van der Waals surface area contributed by atoms with Crippen LogP contribution in [0.5, 0.6) is 0 Å². The molecule has 11 heteroatoms. The van der Waals surface area contributed by atoms with E-state index in [1.165, 1.54) is 5.57 Å². The molecule has 3 saturated carbocycles. The first kappa shape index (κ1) is 33.5. The van der Waals surface area contributed by atoms with Gasteiger partial charge in [-0.2, -0.15) is 0 Å². The average molecular weight is 614 g/mol. The molecule has 0 aromatic heterocycles. The van der Waals surface area contributed by atoms with Gasteiger partial charge in [-0.25, -0.2) is 4.79 Å². The number of hydrogen-bond donors (Lipinski definition) is 5. The van der Waals surface area contributed by atoms with Crippen LogP contribution in [0.15, 0.2) is 16.8 Å². The Kier molecular flexibility index (Phi) is 9.84. The fourth-order valence-electron chi connectivity index (χ4n) is 8.61. The van der Waals surface area contributed by atoms with Crippen molar-refractivity contribution in [2.45, 2.75) is 110 Å². The van der Waals surface area contributed by atoms with Gasteiger partial charge in [-0.3, -0.25) is 14.4 Å². The molecule has 4 rings (SSSR count). The molecule has 0 saturated heterocycles. The van der Waals surface area contributed by atoms with Crippen LogP contribution in [-0.2, 0) is 24.0 Å². The van der Waals surface area contributed by atoms with Gasteiger partial charge in [0.15, 0.2) is 6.61 Å². The van der Waals surface area contributed by atoms with Crippen molar-refractivity contribution in [3.05, 3.63) is 11.6 Å². The largest absolute Gasteiger partial charge is 0.481 e. The zero-order valence-corrected chi connectivity index (χ0v) is 26.2. The lowest BCUT2D eigenvalue weighted by molar-refractivity contribution is -0.143. The van der Waals surface area contributed by atoms with E-state index < -0.39 is 54.5 Å². The number of carbonyl (C=O) groups excluding carboxylic acids is 2. The van der Waals surface area contributed by atoms with Crippen LogP contribution in [0.2, 0.25) is 0 Å². The maximum Gasteiger partial charge on any atom is 0.326 e. The number of amides is 2. The van der Waals surface area contributed by atoms with Crippen LogP contribution in [0.3, 0.4) is 0 Å². The fraction of sp³-hybridized carbons (Fsp3) is 0.727. The summed E-state index contributed by atoms with van der Waals surface area (Å²) >= 11 is 0. The van der Waals surface area contributed by atoms with E-state index in [0.717, 1.165) is 44.2 Å². The van der Waals surface area contributed by atoms with E-state index in [0.29, 0.717) is 30.6 Å². The molecule has 0 aromatic carbocycles. The van der Waals surface area contributed by atoms with Crippen LogP contribution in [0.25, 0.3) is 0 Å². The van der Waals surface area contributed by atoms with Crippen LogP contribution >= 0.6 is 0 Å². The predicted octanol–water partition coefficient (Wildman–Crippen LogP) is 3.26. The van der Waals surface area contributed by atoms with Gasteiger partial charge in [0.2, 0.25) is 5.91 Å². The molecule has 11 nitrogen and oxygen atoms in total. The molecule has 0 aliphatic heterocycles. The Morgan fingerprint density at radius 1 is 1.07 bits per heavy atom. The third-order valence-electron chi connectivity index (χ3n) is 11.3. The Labute approximate surface area is 259 Å². The van der Waals surface area contributed by atoms with Gasteiger partial charge in [0.05, 0.1) is 5.71 Å². The minimum absolute atomic E-state index is 0.0492. The summed E-state index contributed by atoms with van der Waals surface area (Å²) in [6.07, 6.45) is 14.5. The number of carbonyl (C=O) groups is 4. The van der Waals surface area contributed by atoms with Crippen LogP contribution in [-0.4, -0.2) is 69.1 Å². The number of allylic oxidation sites excluding steroid dienone is 2. The van der Waals surface area contributed by atoms with E-state index in [1.54, 1.807) is 13.8 Å². The zero-order chi connectivity index (χ0) is 32.4. The highest BCUT2D eigenvalue weighted by molar-refractivity contribution is 5.96. The molecule has 0 spiro atoms. The van der Waals surface area contributed by atoms with Crippen LogP contribution in [0, 0.1) is 46.8 Å². The summed E-state index contributed by atoms with van der Waals surface area (Å²) in [5.74, 6) is 0.0444. The lowest BCUT2D eigenvalue weighted by Crippen LogP contribution is -2.54. The van der Waals surface area contributed by atoms with Crippen molar-refractivity contribution in [1.82, 2.24) is 10.6 Å². The van der Waals surface area contributed by atoms with E-state index in [1.807, 2.05) is 0 Å². The first-order valence-corrected chi connectivity index (χ1v) is 15.8. The van der Waals surface area contributed by atoms with E-state index in [-0.39, 0.29) is 23.2 Å². The molecule has 2 amide bonds. The fourth-order valence-corrected chi connectivity index (χ4v) is 8.61. The van der Waals surface area contributed by atoms with Gasteiger partial charge < -0.3 is 30.8 Å². The molecule has 5 N–H and O–H groups in total.